The van der Waals surface area contributed by atoms with Gasteiger partial charge in [0.2, 0.25) is 0 Å². The zero-order valence-corrected chi connectivity index (χ0v) is 15.2. The van der Waals surface area contributed by atoms with Gasteiger partial charge in [-0.2, -0.15) is 0 Å². The monoisotopic (exact) mass is 298 g/mol. The van der Waals surface area contributed by atoms with Crippen LogP contribution >= 0.6 is 0 Å². The lowest BCUT2D eigenvalue weighted by Gasteiger charge is -2.45. The van der Waals surface area contributed by atoms with Crippen LogP contribution in [0.4, 0.5) is 0 Å². The molecule has 1 aliphatic carbocycles. The van der Waals surface area contributed by atoms with E-state index in [0.29, 0.717) is 11.5 Å². The molecule has 0 radical (unpaired) electrons. The van der Waals surface area contributed by atoms with Gasteiger partial charge in [-0.05, 0) is 58.8 Å². The Kier molecular flexibility index (Phi) is 7.15. The van der Waals surface area contributed by atoms with Gasteiger partial charge in [0, 0.05) is 31.2 Å². The van der Waals surface area contributed by atoms with Crippen molar-refractivity contribution in [2.75, 3.05) is 26.2 Å². The molecule has 3 heteroatoms. The highest BCUT2D eigenvalue weighted by Crippen LogP contribution is 2.39. The number of hydrogen-bond donors (Lipinski definition) is 2. The number of aliphatic hydroxyl groups excluding tert-OH is 1. The van der Waals surface area contributed by atoms with E-state index < -0.39 is 0 Å². The number of rotatable bonds is 7. The number of nitrogens with zero attached hydrogens (tertiary/aromatic N) is 1. The first-order chi connectivity index (χ1) is 9.67. The Morgan fingerprint density at radius 2 is 1.81 bits per heavy atom. The summed E-state index contributed by atoms with van der Waals surface area (Å²) in [4.78, 5) is 2.46. The quantitative estimate of drug-likeness (QED) is 0.757. The van der Waals surface area contributed by atoms with Crippen LogP contribution in [0.2, 0.25) is 0 Å². The molecule has 1 fully saturated rings. The third kappa shape index (κ3) is 6.66. The molecule has 0 atom stereocenters. The van der Waals surface area contributed by atoms with E-state index in [1.807, 2.05) is 0 Å². The average molecular weight is 299 g/mol. The molecule has 0 aromatic carbocycles. The predicted molar refractivity (Wildman–Crippen MR) is 91.6 cm³/mol. The van der Waals surface area contributed by atoms with Gasteiger partial charge in [-0.3, -0.25) is 4.90 Å². The first-order valence-corrected chi connectivity index (χ1v) is 8.77. The van der Waals surface area contributed by atoms with Crippen molar-refractivity contribution in [1.82, 2.24) is 10.2 Å². The van der Waals surface area contributed by atoms with E-state index in [-0.39, 0.29) is 12.1 Å². The highest BCUT2D eigenvalue weighted by Gasteiger charge is 2.36. The van der Waals surface area contributed by atoms with Crippen molar-refractivity contribution in [2.45, 2.75) is 78.8 Å². The molecule has 0 aromatic heterocycles. The van der Waals surface area contributed by atoms with E-state index >= 15 is 0 Å². The lowest BCUT2D eigenvalue weighted by atomic mass is 9.70. The summed E-state index contributed by atoms with van der Waals surface area (Å²) in [6.07, 6.45) is 5.31. The SMILES string of the molecule is CC1CCC(CNC(C)(C)C)(CN(CCO)C(C)C)CC1. The Morgan fingerprint density at radius 1 is 1.24 bits per heavy atom. The van der Waals surface area contributed by atoms with Gasteiger partial charge in [0.1, 0.15) is 0 Å². The van der Waals surface area contributed by atoms with Crippen LogP contribution in [-0.2, 0) is 0 Å². The Labute approximate surface area is 132 Å². The third-order valence-electron chi connectivity index (χ3n) is 4.98. The summed E-state index contributed by atoms with van der Waals surface area (Å²) >= 11 is 0. The molecule has 0 spiro atoms. The van der Waals surface area contributed by atoms with Crippen molar-refractivity contribution >= 4 is 0 Å². The fourth-order valence-corrected chi connectivity index (χ4v) is 3.30. The van der Waals surface area contributed by atoms with Crippen molar-refractivity contribution in [3.05, 3.63) is 0 Å². The van der Waals surface area contributed by atoms with Gasteiger partial charge < -0.3 is 10.4 Å². The average Bonchev–Trinajstić information content (AvgIpc) is 2.38. The van der Waals surface area contributed by atoms with E-state index in [0.717, 1.165) is 25.6 Å². The molecule has 2 N–H and O–H groups in total. The van der Waals surface area contributed by atoms with Crippen LogP contribution in [0.25, 0.3) is 0 Å². The van der Waals surface area contributed by atoms with E-state index in [1.165, 1.54) is 25.7 Å². The van der Waals surface area contributed by atoms with E-state index in [4.69, 9.17) is 0 Å². The van der Waals surface area contributed by atoms with Gasteiger partial charge in [0.05, 0.1) is 6.61 Å². The summed E-state index contributed by atoms with van der Waals surface area (Å²) < 4.78 is 0. The minimum atomic E-state index is 0.176. The van der Waals surface area contributed by atoms with Crippen LogP contribution in [-0.4, -0.2) is 47.8 Å². The van der Waals surface area contributed by atoms with Gasteiger partial charge in [-0.25, -0.2) is 0 Å². The first-order valence-electron chi connectivity index (χ1n) is 8.77. The summed E-state index contributed by atoms with van der Waals surface area (Å²) in [7, 11) is 0. The Morgan fingerprint density at radius 3 is 2.24 bits per heavy atom. The molecule has 0 aliphatic heterocycles. The molecule has 0 saturated heterocycles. The summed E-state index contributed by atoms with van der Waals surface area (Å²) in [6.45, 7) is 16.9. The fraction of sp³-hybridized carbons (Fsp3) is 1.00. The van der Waals surface area contributed by atoms with E-state index in [2.05, 4.69) is 51.8 Å². The molecule has 0 amide bonds. The van der Waals surface area contributed by atoms with Gasteiger partial charge in [0.15, 0.2) is 0 Å². The second-order valence-corrected chi connectivity index (χ2v) is 8.57. The van der Waals surface area contributed by atoms with Crippen molar-refractivity contribution in [3.8, 4) is 0 Å². The highest BCUT2D eigenvalue weighted by atomic mass is 16.3. The Balaban J connectivity index is 2.75. The van der Waals surface area contributed by atoms with Gasteiger partial charge in [-0.15, -0.1) is 0 Å². The van der Waals surface area contributed by atoms with Crippen LogP contribution in [0.3, 0.4) is 0 Å². The lowest BCUT2D eigenvalue weighted by molar-refractivity contribution is 0.0551. The third-order valence-corrected chi connectivity index (χ3v) is 4.98. The number of hydrogen-bond acceptors (Lipinski definition) is 3. The van der Waals surface area contributed by atoms with Gasteiger partial charge >= 0.3 is 0 Å². The molecule has 0 heterocycles. The highest BCUT2D eigenvalue weighted by molar-refractivity contribution is 4.91. The molecule has 1 aliphatic rings. The maximum Gasteiger partial charge on any atom is 0.0558 e. The largest absolute Gasteiger partial charge is 0.395 e. The lowest BCUT2D eigenvalue weighted by Crippen LogP contribution is -2.51. The van der Waals surface area contributed by atoms with Gasteiger partial charge in [-0.1, -0.05) is 19.8 Å². The molecular formula is C18H38N2O. The Bertz CT molecular complexity index is 288. The van der Waals surface area contributed by atoms with Crippen molar-refractivity contribution < 1.29 is 5.11 Å². The molecular weight excluding hydrogens is 260 g/mol. The second kappa shape index (κ2) is 7.94. The minimum Gasteiger partial charge on any atom is -0.395 e. The van der Waals surface area contributed by atoms with Crippen molar-refractivity contribution in [2.24, 2.45) is 11.3 Å². The minimum absolute atomic E-state index is 0.176. The van der Waals surface area contributed by atoms with Crippen LogP contribution < -0.4 is 5.32 Å². The Hall–Kier alpha value is -0.120. The molecule has 0 unspecified atom stereocenters. The molecule has 126 valence electrons. The normalized spacial score (nSPS) is 27.6. The smallest absolute Gasteiger partial charge is 0.0558 e. The topological polar surface area (TPSA) is 35.5 Å². The first kappa shape index (κ1) is 18.9. The maximum atomic E-state index is 9.34. The predicted octanol–water partition coefficient (Wildman–Crippen LogP) is 3.27. The van der Waals surface area contributed by atoms with Crippen molar-refractivity contribution in [1.29, 1.82) is 0 Å². The molecule has 1 saturated carbocycles. The summed E-state index contributed by atoms with van der Waals surface area (Å²) in [5.41, 5.74) is 0.551. The molecule has 21 heavy (non-hydrogen) atoms. The van der Waals surface area contributed by atoms with Crippen LogP contribution in [0, 0.1) is 11.3 Å². The zero-order valence-electron chi connectivity index (χ0n) is 15.2. The second-order valence-electron chi connectivity index (χ2n) is 8.57. The fourth-order valence-electron chi connectivity index (χ4n) is 3.30. The summed E-state index contributed by atoms with van der Waals surface area (Å²) in [5, 5.41) is 13.1. The standard InChI is InChI=1S/C18H38N2O/c1-15(2)20(11-12-21)14-18(13-19-17(4,5)6)9-7-16(3)8-10-18/h15-16,19,21H,7-14H2,1-6H3. The molecule has 0 aromatic rings. The van der Waals surface area contributed by atoms with Crippen LogP contribution in [0.15, 0.2) is 0 Å². The number of nitrogens with one attached hydrogen (secondary N) is 1. The van der Waals surface area contributed by atoms with Crippen LogP contribution in [0.5, 0.6) is 0 Å². The van der Waals surface area contributed by atoms with E-state index in [9.17, 15) is 5.11 Å². The van der Waals surface area contributed by atoms with Crippen LogP contribution in [0.1, 0.15) is 67.2 Å². The maximum absolute atomic E-state index is 9.34. The van der Waals surface area contributed by atoms with E-state index in [1.54, 1.807) is 0 Å². The van der Waals surface area contributed by atoms with Gasteiger partial charge in [0.25, 0.3) is 0 Å². The molecule has 3 nitrogen and oxygen atoms in total. The zero-order chi connectivity index (χ0) is 16.1. The van der Waals surface area contributed by atoms with Crippen molar-refractivity contribution in [3.63, 3.8) is 0 Å². The number of aliphatic hydroxyl groups is 1. The summed E-state index contributed by atoms with van der Waals surface area (Å²) in [5.74, 6) is 0.873. The molecule has 1 rings (SSSR count). The molecule has 0 bridgehead atoms. The summed E-state index contributed by atoms with van der Waals surface area (Å²) in [6, 6.07) is 0.503.